The fraction of sp³-hybridized carbons (Fsp3) is 0.750. The van der Waals surface area contributed by atoms with Crippen LogP contribution in [0.2, 0.25) is 0 Å². The zero-order chi connectivity index (χ0) is 13.0. The SMILES string of the molecule is CCOC(C)C(NC)c1c(Br)cnn1C(C)C. The van der Waals surface area contributed by atoms with Crippen molar-refractivity contribution in [1.29, 1.82) is 0 Å². The molecule has 0 aliphatic heterocycles. The quantitative estimate of drug-likeness (QED) is 0.878. The maximum Gasteiger partial charge on any atom is 0.0764 e. The molecule has 1 N–H and O–H groups in total. The lowest BCUT2D eigenvalue weighted by molar-refractivity contribution is 0.0465. The van der Waals surface area contributed by atoms with E-state index in [2.05, 4.69) is 47.1 Å². The first-order valence-electron chi connectivity index (χ1n) is 6.04. The lowest BCUT2D eigenvalue weighted by Gasteiger charge is -2.26. The number of nitrogens with one attached hydrogen (secondary N) is 1. The van der Waals surface area contributed by atoms with Crippen LogP contribution in [-0.4, -0.2) is 29.5 Å². The van der Waals surface area contributed by atoms with E-state index in [0.717, 1.165) is 10.2 Å². The van der Waals surface area contributed by atoms with Crippen LogP contribution in [-0.2, 0) is 4.74 Å². The van der Waals surface area contributed by atoms with Gasteiger partial charge in [-0.15, -0.1) is 0 Å². The highest BCUT2D eigenvalue weighted by atomic mass is 79.9. The van der Waals surface area contributed by atoms with Crippen LogP contribution in [0.5, 0.6) is 0 Å². The third-order valence-electron chi connectivity index (χ3n) is 2.78. The highest BCUT2D eigenvalue weighted by Crippen LogP contribution is 2.28. The van der Waals surface area contributed by atoms with Crippen LogP contribution in [0.15, 0.2) is 10.7 Å². The molecule has 0 spiro atoms. The van der Waals surface area contributed by atoms with Crippen molar-refractivity contribution in [3.8, 4) is 0 Å². The van der Waals surface area contributed by atoms with Gasteiger partial charge in [-0.25, -0.2) is 0 Å². The standard InChI is InChI=1S/C12H22BrN3O/c1-6-17-9(4)11(14-5)12-10(13)7-15-16(12)8(2)3/h7-9,11,14H,6H2,1-5H3. The lowest BCUT2D eigenvalue weighted by Crippen LogP contribution is -2.32. The summed E-state index contributed by atoms with van der Waals surface area (Å²) in [5, 5.41) is 7.71. The van der Waals surface area contributed by atoms with Crippen molar-refractivity contribution in [2.75, 3.05) is 13.7 Å². The maximum absolute atomic E-state index is 5.68. The van der Waals surface area contributed by atoms with Gasteiger partial charge in [0.15, 0.2) is 0 Å². The molecule has 2 unspecified atom stereocenters. The van der Waals surface area contributed by atoms with E-state index in [4.69, 9.17) is 4.74 Å². The molecule has 0 aromatic carbocycles. The molecule has 17 heavy (non-hydrogen) atoms. The number of aromatic nitrogens is 2. The summed E-state index contributed by atoms with van der Waals surface area (Å²) in [6, 6.07) is 0.468. The number of halogens is 1. The Hall–Kier alpha value is -0.390. The summed E-state index contributed by atoms with van der Waals surface area (Å²) in [6.45, 7) is 9.06. The molecule has 0 aliphatic rings. The number of hydrogen-bond acceptors (Lipinski definition) is 3. The monoisotopic (exact) mass is 303 g/mol. The molecule has 1 rings (SSSR count). The number of ether oxygens (including phenoxy) is 1. The summed E-state index contributed by atoms with van der Waals surface area (Å²) in [5.74, 6) is 0. The Kier molecular flexibility index (Phi) is 5.62. The Labute approximate surface area is 112 Å². The topological polar surface area (TPSA) is 39.1 Å². The summed E-state index contributed by atoms with van der Waals surface area (Å²) in [7, 11) is 1.95. The number of nitrogens with zero attached hydrogens (tertiary/aromatic N) is 2. The molecule has 98 valence electrons. The molecular formula is C12H22BrN3O. The predicted molar refractivity (Wildman–Crippen MR) is 73.2 cm³/mol. The van der Waals surface area contributed by atoms with Gasteiger partial charge < -0.3 is 10.1 Å². The highest BCUT2D eigenvalue weighted by Gasteiger charge is 2.25. The average molecular weight is 304 g/mol. The first-order chi connectivity index (χ1) is 8.02. The van der Waals surface area contributed by atoms with Gasteiger partial charge in [0.25, 0.3) is 0 Å². The van der Waals surface area contributed by atoms with E-state index in [0.29, 0.717) is 12.6 Å². The Morgan fingerprint density at radius 3 is 2.59 bits per heavy atom. The highest BCUT2D eigenvalue weighted by molar-refractivity contribution is 9.10. The van der Waals surface area contributed by atoms with Crippen LogP contribution in [0, 0.1) is 0 Å². The van der Waals surface area contributed by atoms with Gasteiger partial charge in [0.05, 0.1) is 28.5 Å². The van der Waals surface area contributed by atoms with Gasteiger partial charge in [-0.2, -0.15) is 5.10 Å². The zero-order valence-corrected chi connectivity index (χ0v) is 12.8. The molecule has 0 radical (unpaired) electrons. The molecular weight excluding hydrogens is 282 g/mol. The minimum atomic E-state index is 0.107. The molecule has 1 aromatic heterocycles. The van der Waals surface area contributed by atoms with Crippen LogP contribution < -0.4 is 5.32 Å². The number of hydrogen-bond donors (Lipinski definition) is 1. The Bertz CT molecular complexity index is 352. The van der Waals surface area contributed by atoms with Crippen molar-refractivity contribution < 1.29 is 4.74 Å². The van der Waals surface area contributed by atoms with E-state index in [1.807, 2.05) is 24.9 Å². The molecule has 0 aliphatic carbocycles. The molecule has 0 amide bonds. The number of likely N-dealkylation sites (N-methyl/N-ethyl adjacent to an activating group) is 1. The van der Waals surface area contributed by atoms with E-state index in [1.165, 1.54) is 0 Å². The van der Waals surface area contributed by atoms with Crippen molar-refractivity contribution in [2.45, 2.75) is 45.9 Å². The van der Waals surface area contributed by atoms with Crippen LogP contribution in [0.1, 0.15) is 45.5 Å². The Balaban J connectivity index is 3.06. The zero-order valence-electron chi connectivity index (χ0n) is 11.2. The molecule has 1 heterocycles. The lowest BCUT2D eigenvalue weighted by atomic mass is 10.1. The molecule has 5 heteroatoms. The predicted octanol–water partition coefficient (Wildman–Crippen LogP) is 2.91. The van der Waals surface area contributed by atoms with Crippen molar-refractivity contribution >= 4 is 15.9 Å². The fourth-order valence-electron chi connectivity index (χ4n) is 2.01. The van der Waals surface area contributed by atoms with Crippen molar-refractivity contribution in [2.24, 2.45) is 0 Å². The maximum atomic E-state index is 5.68. The second-order valence-electron chi connectivity index (χ2n) is 4.34. The van der Waals surface area contributed by atoms with Crippen LogP contribution in [0.25, 0.3) is 0 Å². The second-order valence-corrected chi connectivity index (χ2v) is 5.20. The third kappa shape index (κ3) is 3.30. The third-order valence-corrected chi connectivity index (χ3v) is 3.39. The van der Waals surface area contributed by atoms with E-state index in [9.17, 15) is 0 Å². The van der Waals surface area contributed by atoms with Crippen molar-refractivity contribution in [3.05, 3.63) is 16.4 Å². The van der Waals surface area contributed by atoms with Gasteiger partial charge in [-0.05, 0) is 50.7 Å². The van der Waals surface area contributed by atoms with Crippen LogP contribution in [0.4, 0.5) is 0 Å². The molecule has 4 nitrogen and oxygen atoms in total. The summed E-state index contributed by atoms with van der Waals surface area (Å²) in [4.78, 5) is 0. The van der Waals surface area contributed by atoms with Gasteiger partial charge in [0.2, 0.25) is 0 Å². The minimum Gasteiger partial charge on any atom is -0.377 e. The van der Waals surface area contributed by atoms with Crippen LogP contribution >= 0.6 is 15.9 Å². The molecule has 0 bridgehead atoms. The molecule has 1 aromatic rings. The van der Waals surface area contributed by atoms with Gasteiger partial charge in [-0.3, -0.25) is 4.68 Å². The minimum absolute atomic E-state index is 0.107. The first kappa shape index (κ1) is 14.7. The van der Waals surface area contributed by atoms with Gasteiger partial charge in [0, 0.05) is 12.6 Å². The van der Waals surface area contributed by atoms with Crippen molar-refractivity contribution in [3.63, 3.8) is 0 Å². The summed E-state index contributed by atoms with van der Waals surface area (Å²) in [6.07, 6.45) is 1.95. The second kappa shape index (κ2) is 6.52. The molecule has 0 saturated carbocycles. The van der Waals surface area contributed by atoms with Gasteiger partial charge >= 0.3 is 0 Å². The molecule has 2 atom stereocenters. The van der Waals surface area contributed by atoms with E-state index >= 15 is 0 Å². The number of rotatable bonds is 6. The largest absolute Gasteiger partial charge is 0.377 e. The van der Waals surface area contributed by atoms with E-state index < -0.39 is 0 Å². The normalized spacial score (nSPS) is 15.2. The fourth-order valence-corrected chi connectivity index (χ4v) is 2.53. The Morgan fingerprint density at radius 2 is 2.12 bits per heavy atom. The smallest absolute Gasteiger partial charge is 0.0764 e. The Morgan fingerprint density at radius 1 is 1.47 bits per heavy atom. The summed E-state index contributed by atoms with van der Waals surface area (Å²) >= 11 is 3.57. The van der Waals surface area contributed by atoms with Crippen LogP contribution in [0.3, 0.4) is 0 Å². The van der Waals surface area contributed by atoms with Gasteiger partial charge in [-0.1, -0.05) is 0 Å². The van der Waals surface area contributed by atoms with Crippen molar-refractivity contribution in [1.82, 2.24) is 15.1 Å². The summed E-state index contributed by atoms with van der Waals surface area (Å²) in [5.41, 5.74) is 1.14. The molecule has 0 fully saturated rings. The average Bonchev–Trinajstić information content (AvgIpc) is 2.63. The summed E-state index contributed by atoms with van der Waals surface area (Å²) < 4.78 is 8.74. The van der Waals surface area contributed by atoms with Gasteiger partial charge in [0.1, 0.15) is 0 Å². The van der Waals surface area contributed by atoms with E-state index in [1.54, 1.807) is 0 Å². The first-order valence-corrected chi connectivity index (χ1v) is 6.83. The molecule has 0 saturated heterocycles. The van der Waals surface area contributed by atoms with E-state index in [-0.39, 0.29) is 12.1 Å².